The van der Waals surface area contributed by atoms with Crippen molar-refractivity contribution < 1.29 is 24.8 Å². The van der Waals surface area contributed by atoms with Gasteiger partial charge in [0.15, 0.2) is 6.29 Å². The highest BCUT2D eigenvalue weighted by atomic mass is 16.7. The van der Waals surface area contributed by atoms with Crippen LogP contribution in [0.15, 0.2) is 0 Å². The van der Waals surface area contributed by atoms with E-state index in [9.17, 15) is 15.3 Å². The van der Waals surface area contributed by atoms with E-state index in [0.29, 0.717) is 0 Å². The van der Waals surface area contributed by atoms with Crippen LogP contribution in [0.1, 0.15) is 0 Å². The highest BCUT2D eigenvalue weighted by molar-refractivity contribution is 4.89. The first-order valence-corrected chi connectivity index (χ1v) is 4.04. The topological polar surface area (TPSA) is 105 Å². The van der Waals surface area contributed by atoms with E-state index in [1.165, 1.54) is 7.11 Å². The van der Waals surface area contributed by atoms with E-state index in [0.717, 1.165) is 0 Å². The van der Waals surface area contributed by atoms with E-state index in [1.807, 2.05) is 0 Å². The lowest BCUT2D eigenvalue weighted by molar-refractivity contribution is -0.287. The van der Waals surface area contributed by atoms with Gasteiger partial charge in [-0.15, -0.1) is 0 Å². The van der Waals surface area contributed by atoms with E-state index in [-0.39, 0.29) is 6.54 Å². The lowest BCUT2D eigenvalue weighted by Gasteiger charge is -2.39. The Morgan fingerprint density at radius 2 is 1.85 bits per heavy atom. The lowest BCUT2D eigenvalue weighted by Crippen LogP contribution is -2.59. The number of hydrogen-bond donors (Lipinski definition) is 4. The monoisotopic (exact) mass is 193 g/mol. The summed E-state index contributed by atoms with van der Waals surface area (Å²) in [6.45, 7) is 0.0603. The molecule has 0 saturated carbocycles. The molecule has 6 heteroatoms. The molecule has 1 fully saturated rings. The Labute approximate surface area is 75.9 Å². The fourth-order valence-corrected chi connectivity index (χ4v) is 1.31. The maximum Gasteiger partial charge on any atom is 0.186 e. The first-order chi connectivity index (χ1) is 6.11. The molecule has 1 rings (SSSR count). The normalized spacial score (nSPS) is 46.4. The average Bonchev–Trinajstić information content (AvgIpc) is 2.15. The molecule has 6 nitrogen and oxygen atoms in total. The molecular weight excluding hydrogens is 178 g/mol. The van der Waals surface area contributed by atoms with Crippen LogP contribution in [0.5, 0.6) is 0 Å². The van der Waals surface area contributed by atoms with Crippen LogP contribution in [0, 0.1) is 0 Å². The Morgan fingerprint density at radius 1 is 1.23 bits per heavy atom. The SMILES string of the molecule is CO[C@H]1O[C@H](CN)[C@@H](O)[C@@H](O)[C@H]1O. The molecule has 1 saturated heterocycles. The summed E-state index contributed by atoms with van der Waals surface area (Å²) in [5.41, 5.74) is 5.28. The zero-order valence-electron chi connectivity index (χ0n) is 7.33. The third-order valence-electron chi connectivity index (χ3n) is 2.13. The molecule has 0 unspecified atom stereocenters. The smallest absolute Gasteiger partial charge is 0.186 e. The van der Waals surface area contributed by atoms with Crippen LogP contribution < -0.4 is 5.73 Å². The van der Waals surface area contributed by atoms with E-state index in [2.05, 4.69) is 0 Å². The summed E-state index contributed by atoms with van der Waals surface area (Å²) < 4.78 is 9.83. The standard InChI is InChI=1S/C7H15NO5/c1-12-7-6(11)5(10)4(9)3(2-8)13-7/h3-7,9-11H,2,8H2,1H3/t3-,4-,5-,6-,7+/m1/s1. The first kappa shape index (κ1) is 10.8. The van der Waals surface area contributed by atoms with Crippen LogP contribution in [-0.2, 0) is 9.47 Å². The zero-order valence-corrected chi connectivity index (χ0v) is 7.33. The van der Waals surface area contributed by atoms with E-state index in [1.54, 1.807) is 0 Å². The lowest BCUT2D eigenvalue weighted by atomic mass is 9.99. The molecule has 1 aliphatic rings. The summed E-state index contributed by atoms with van der Waals surface area (Å²) in [6, 6.07) is 0. The molecule has 13 heavy (non-hydrogen) atoms. The van der Waals surface area contributed by atoms with Crippen molar-refractivity contribution in [2.75, 3.05) is 13.7 Å². The minimum absolute atomic E-state index is 0.0603. The molecule has 0 bridgehead atoms. The van der Waals surface area contributed by atoms with Crippen molar-refractivity contribution in [3.05, 3.63) is 0 Å². The first-order valence-electron chi connectivity index (χ1n) is 4.04. The fraction of sp³-hybridized carbons (Fsp3) is 1.00. The summed E-state index contributed by atoms with van der Waals surface area (Å²) in [6.07, 6.45) is -5.35. The number of ether oxygens (including phenoxy) is 2. The van der Waals surface area contributed by atoms with Gasteiger partial charge in [0.25, 0.3) is 0 Å². The molecule has 78 valence electrons. The summed E-state index contributed by atoms with van der Waals surface area (Å²) in [4.78, 5) is 0. The Morgan fingerprint density at radius 3 is 2.31 bits per heavy atom. The molecule has 0 aromatic heterocycles. The molecule has 5 atom stereocenters. The average molecular weight is 193 g/mol. The number of rotatable bonds is 2. The Bertz CT molecular complexity index is 147. The molecule has 1 heterocycles. The third kappa shape index (κ3) is 1.98. The van der Waals surface area contributed by atoms with Gasteiger partial charge in [-0.25, -0.2) is 0 Å². The number of aliphatic hydroxyl groups is 3. The van der Waals surface area contributed by atoms with Crippen molar-refractivity contribution in [3.63, 3.8) is 0 Å². The number of nitrogens with two attached hydrogens (primary N) is 1. The van der Waals surface area contributed by atoms with Crippen molar-refractivity contribution in [2.24, 2.45) is 5.73 Å². The summed E-state index contributed by atoms with van der Waals surface area (Å²) in [5.74, 6) is 0. The predicted octanol–water partition coefficient (Wildman–Crippen LogP) is -2.60. The third-order valence-corrected chi connectivity index (χ3v) is 2.13. The van der Waals surface area contributed by atoms with Gasteiger partial charge >= 0.3 is 0 Å². The summed E-state index contributed by atoms with van der Waals surface area (Å²) in [7, 11) is 1.34. The van der Waals surface area contributed by atoms with Crippen LogP contribution in [0.25, 0.3) is 0 Å². The highest BCUT2D eigenvalue weighted by Gasteiger charge is 2.43. The minimum atomic E-state index is -1.28. The summed E-state index contributed by atoms with van der Waals surface area (Å²) >= 11 is 0. The van der Waals surface area contributed by atoms with E-state index < -0.39 is 30.7 Å². The zero-order chi connectivity index (χ0) is 10.0. The van der Waals surface area contributed by atoms with Gasteiger partial charge in [0.1, 0.15) is 24.4 Å². The van der Waals surface area contributed by atoms with Crippen molar-refractivity contribution >= 4 is 0 Å². The maximum absolute atomic E-state index is 9.35. The van der Waals surface area contributed by atoms with Gasteiger partial charge in [-0.05, 0) is 0 Å². The van der Waals surface area contributed by atoms with Gasteiger partial charge < -0.3 is 30.5 Å². The molecule has 0 aromatic carbocycles. The van der Waals surface area contributed by atoms with Crippen molar-refractivity contribution in [3.8, 4) is 0 Å². The molecular formula is C7H15NO5. The number of hydrogen-bond acceptors (Lipinski definition) is 6. The Hall–Kier alpha value is -0.240. The van der Waals surface area contributed by atoms with Gasteiger partial charge in [0.2, 0.25) is 0 Å². The molecule has 1 aliphatic heterocycles. The Balaban J connectivity index is 2.66. The summed E-state index contributed by atoms with van der Waals surface area (Å²) in [5, 5.41) is 28.0. The maximum atomic E-state index is 9.35. The molecule has 5 N–H and O–H groups in total. The van der Waals surface area contributed by atoms with E-state index in [4.69, 9.17) is 15.2 Å². The second kappa shape index (κ2) is 4.32. The van der Waals surface area contributed by atoms with Gasteiger partial charge in [-0.3, -0.25) is 0 Å². The van der Waals surface area contributed by atoms with E-state index >= 15 is 0 Å². The molecule has 0 aromatic rings. The minimum Gasteiger partial charge on any atom is -0.388 e. The molecule has 0 amide bonds. The number of aliphatic hydroxyl groups excluding tert-OH is 3. The second-order valence-corrected chi connectivity index (χ2v) is 2.99. The molecule has 0 aliphatic carbocycles. The van der Waals surface area contributed by atoms with Crippen LogP contribution in [0.3, 0.4) is 0 Å². The fourth-order valence-electron chi connectivity index (χ4n) is 1.31. The molecule has 0 radical (unpaired) electrons. The van der Waals surface area contributed by atoms with Gasteiger partial charge in [0, 0.05) is 13.7 Å². The van der Waals surface area contributed by atoms with Crippen molar-refractivity contribution in [1.82, 2.24) is 0 Å². The van der Waals surface area contributed by atoms with Crippen molar-refractivity contribution in [2.45, 2.75) is 30.7 Å². The van der Waals surface area contributed by atoms with Gasteiger partial charge in [0.05, 0.1) is 0 Å². The van der Waals surface area contributed by atoms with Crippen molar-refractivity contribution in [1.29, 1.82) is 0 Å². The van der Waals surface area contributed by atoms with Crippen LogP contribution >= 0.6 is 0 Å². The highest BCUT2D eigenvalue weighted by Crippen LogP contribution is 2.20. The quantitative estimate of drug-likeness (QED) is 0.383. The second-order valence-electron chi connectivity index (χ2n) is 2.99. The van der Waals surface area contributed by atoms with Crippen LogP contribution in [-0.4, -0.2) is 59.7 Å². The number of methoxy groups -OCH3 is 1. The van der Waals surface area contributed by atoms with Crippen LogP contribution in [0.2, 0.25) is 0 Å². The predicted molar refractivity (Wildman–Crippen MR) is 42.7 cm³/mol. The Kier molecular flexibility index (Phi) is 3.60. The van der Waals surface area contributed by atoms with Crippen LogP contribution in [0.4, 0.5) is 0 Å². The largest absolute Gasteiger partial charge is 0.388 e. The van der Waals surface area contributed by atoms with Gasteiger partial charge in [-0.1, -0.05) is 0 Å². The molecule has 0 spiro atoms. The van der Waals surface area contributed by atoms with Gasteiger partial charge in [-0.2, -0.15) is 0 Å².